The summed E-state index contributed by atoms with van der Waals surface area (Å²) >= 11 is 0. The first-order valence-corrected chi connectivity index (χ1v) is 9.22. The van der Waals surface area contributed by atoms with Gasteiger partial charge in [0.05, 0.1) is 12.9 Å². The highest BCUT2D eigenvalue weighted by atomic mass is 32.2. The third-order valence-corrected chi connectivity index (χ3v) is 3.64. The predicted molar refractivity (Wildman–Crippen MR) is 77.3 cm³/mol. The molecule has 0 aromatic heterocycles. The molecule has 0 radical (unpaired) electrons. The van der Waals surface area contributed by atoms with Gasteiger partial charge in [-0.3, -0.25) is 4.18 Å². The third kappa shape index (κ3) is 15.9. The second kappa shape index (κ2) is 12.0. The highest BCUT2D eigenvalue weighted by Gasteiger charge is 2.00. The minimum atomic E-state index is -3.24. The molecular formula is C14H30O3S. The van der Waals surface area contributed by atoms with Crippen molar-refractivity contribution in [1.82, 2.24) is 0 Å². The topological polar surface area (TPSA) is 43.4 Å². The zero-order valence-corrected chi connectivity index (χ0v) is 12.9. The van der Waals surface area contributed by atoms with E-state index in [1.54, 1.807) is 0 Å². The van der Waals surface area contributed by atoms with Gasteiger partial charge >= 0.3 is 0 Å². The molecule has 4 heteroatoms. The lowest BCUT2D eigenvalue weighted by molar-refractivity contribution is 0.309. The van der Waals surface area contributed by atoms with E-state index in [4.69, 9.17) is 0 Å². The van der Waals surface area contributed by atoms with Gasteiger partial charge in [0.2, 0.25) is 0 Å². The van der Waals surface area contributed by atoms with E-state index in [0.717, 1.165) is 19.1 Å². The van der Waals surface area contributed by atoms with E-state index >= 15 is 0 Å². The molecule has 0 aromatic rings. The molecule has 0 heterocycles. The van der Waals surface area contributed by atoms with Crippen molar-refractivity contribution in [2.45, 2.75) is 77.6 Å². The van der Waals surface area contributed by atoms with Crippen molar-refractivity contribution in [2.75, 3.05) is 12.9 Å². The van der Waals surface area contributed by atoms with E-state index < -0.39 is 10.1 Å². The molecule has 0 unspecified atom stereocenters. The first-order chi connectivity index (χ1) is 8.56. The average molecular weight is 278 g/mol. The van der Waals surface area contributed by atoms with E-state index in [1.807, 2.05) is 0 Å². The monoisotopic (exact) mass is 278 g/mol. The van der Waals surface area contributed by atoms with Crippen LogP contribution in [0, 0.1) is 0 Å². The lowest BCUT2D eigenvalue weighted by Gasteiger charge is -2.03. The second-order valence-electron chi connectivity index (χ2n) is 5.06. The summed E-state index contributed by atoms with van der Waals surface area (Å²) in [5, 5.41) is 0. The fraction of sp³-hybridized carbons (Fsp3) is 1.00. The van der Waals surface area contributed by atoms with Gasteiger partial charge < -0.3 is 0 Å². The lowest BCUT2D eigenvalue weighted by atomic mass is 10.1. The summed E-state index contributed by atoms with van der Waals surface area (Å²) in [6.45, 7) is 2.59. The van der Waals surface area contributed by atoms with Crippen LogP contribution in [-0.4, -0.2) is 21.3 Å². The Labute approximate surface area is 113 Å². The zero-order valence-electron chi connectivity index (χ0n) is 12.1. The molecule has 0 N–H and O–H groups in total. The quantitative estimate of drug-likeness (QED) is 0.373. The number of hydrogen-bond donors (Lipinski definition) is 0. The molecule has 18 heavy (non-hydrogen) atoms. The van der Waals surface area contributed by atoms with E-state index in [2.05, 4.69) is 11.1 Å². The molecule has 0 aliphatic heterocycles. The highest BCUT2D eigenvalue weighted by molar-refractivity contribution is 7.85. The number of rotatable bonds is 13. The lowest BCUT2D eigenvalue weighted by Crippen LogP contribution is -2.03. The SMILES string of the molecule is CCCCCCCCCCCCCOS(C)(=O)=O. The van der Waals surface area contributed by atoms with Gasteiger partial charge in [-0.05, 0) is 6.42 Å². The Kier molecular flexibility index (Phi) is 11.9. The van der Waals surface area contributed by atoms with E-state index in [-0.39, 0.29) is 0 Å². The first-order valence-electron chi connectivity index (χ1n) is 7.40. The minimum absolute atomic E-state index is 0.343. The smallest absolute Gasteiger partial charge is 0.264 e. The standard InChI is InChI=1S/C14H30O3S/c1-3-4-5-6-7-8-9-10-11-12-13-14-17-18(2,15)16/h3-14H2,1-2H3. The molecule has 0 rings (SSSR count). The Balaban J connectivity index is 3.03. The van der Waals surface area contributed by atoms with Crippen LogP contribution >= 0.6 is 0 Å². The first kappa shape index (κ1) is 17.9. The Bertz CT molecular complexity index is 260. The zero-order chi connectivity index (χ0) is 13.7. The van der Waals surface area contributed by atoms with Crippen molar-refractivity contribution in [3.63, 3.8) is 0 Å². The van der Waals surface area contributed by atoms with Gasteiger partial charge in [0.25, 0.3) is 10.1 Å². The molecule has 0 aromatic carbocycles. The maximum Gasteiger partial charge on any atom is 0.264 e. The second-order valence-corrected chi connectivity index (χ2v) is 6.71. The summed E-state index contributed by atoms with van der Waals surface area (Å²) in [6.07, 6.45) is 15.0. The fourth-order valence-corrected chi connectivity index (χ4v) is 2.40. The molecule has 0 amide bonds. The van der Waals surface area contributed by atoms with Crippen LogP contribution in [0.4, 0.5) is 0 Å². The van der Waals surface area contributed by atoms with Crippen molar-refractivity contribution in [3.8, 4) is 0 Å². The van der Waals surface area contributed by atoms with E-state index in [9.17, 15) is 8.42 Å². The van der Waals surface area contributed by atoms with Gasteiger partial charge in [0.1, 0.15) is 0 Å². The Morgan fingerprint density at radius 1 is 0.722 bits per heavy atom. The number of unbranched alkanes of at least 4 members (excludes halogenated alkanes) is 10. The molecule has 0 aliphatic rings. The molecule has 0 saturated heterocycles. The van der Waals surface area contributed by atoms with Crippen LogP contribution in [0.25, 0.3) is 0 Å². The summed E-state index contributed by atoms with van der Waals surface area (Å²) in [5.74, 6) is 0. The Hall–Kier alpha value is -0.0900. The summed E-state index contributed by atoms with van der Waals surface area (Å²) < 4.78 is 26.1. The van der Waals surface area contributed by atoms with E-state index in [0.29, 0.717) is 6.61 Å². The minimum Gasteiger partial charge on any atom is -0.270 e. The van der Waals surface area contributed by atoms with Gasteiger partial charge in [-0.25, -0.2) is 0 Å². The number of hydrogen-bond acceptors (Lipinski definition) is 3. The maximum absolute atomic E-state index is 10.7. The van der Waals surface area contributed by atoms with Gasteiger partial charge in [-0.15, -0.1) is 0 Å². The largest absolute Gasteiger partial charge is 0.270 e. The van der Waals surface area contributed by atoms with Crippen molar-refractivity contribution >= 4 is 10.1 Å². The van der Waals surface area contributed by atoms with Crippen molar-refractivity contribution in [1.29, 1.82) is 0 Å². The summed E-state index contributed by atoms with van der Waals surface area (Å²) in [6, 6.07) is 0. The average Bonchev–Trinajstić information content (AvgIpc) is 2.29. The van der Waals surface area contributed by atoms with Crippen molar-refractivity contribution < 1.29 is 12.6 Å². The molecule has 0 atom stereocenters. The maximum atomic E-state index is 10.7. The van der Waals surface area contributed by atoms with E-state index in [1.165, 1.54) is 57.8 Å². The molecule has 0 aliphatic carbocycles. The Morgan fingerprint density at radius 2 is 1.11 bits per heavy atom. The molecule has 0 saturated carbocycles. The van der Waals surface area contributed by atoms with Gasteiger partial charge in [0.15, 0.2) is 0 Å². The van der Waals surface area contributed by atoms with Crippen LogP contribution < -0.4 is 0 Å². The fourth-order valence-electron chi connectivity index (χ4n) is 1.98. The van der Waals surface area contributed by atoms with Crippen LogP contribution in [-0.2, 0) is 14.3 Å². The van der Waals surface area contributed by atoms with Crippen molar-refractivity contribution in [2.24, 2.45) is 0 Å². The normalized spacial score (nSPS) is 11.9. The molecule has 110 valence electrons. The van der Waals surface area contributed by atoms with Crippen molar-refractivity contribution in [3.05, 3.63) is 0 Å². The van der Waals surface area contributed by atoms with Crippen LogP contribution in [0.5, 0.6) is 0 Å². The molecule has 3 nitrogen and oxygen atoms in total. The predicted octanol–water partition coefficient (Wildman–Crippen LogP) is 4.27. The molecule has 0 fully saturated rings. The summed E-state index contributed by atoms with van der Waals surface area (Å²) in [5.41, 5.74) is 0. The summed E-state index contributed by atoms with van der Waals surface area (Å²) in [4.78, 5) is 0. The van der Waals surface area contributed by atoms with Gasteiger partial charge in [-0.2, -0.15) is 8.42 Å². The molecule has 0 spiro atoms. The summed E-state index contributed by atoms with van der Waals surface area (Å²) in [7, 11) is -3.24. The molecule has 0 bridgehead atoms. The van der Waals surface area contributed by atoms with Crippen LogP contribution in [0.2, 0.25) is 0 Å². The highest BCUT2D eigenvalue weighted by Crippen LogP contribution is 2.11. The van der Waals surface area contributed by atoms with Gasteiger partial charge in [0, 0.05) is 0 Å². The van der Waals surface area contributed by atoms with Crippen LogP contribution in [0.15, 0.2) is 0 Å². The van der Waals surface area contributed by atoms with Crippen LogP contribution in [0.3, 0.4) is 0 Å². The molecular weight excluding hydrogens is 248 g/mol. The Morgan fingerprint density at radius 3 is 1.50 bits per heavy atom. The van der Waals surface area contributed by atoms with Gasteiger partial charge in [-0.1, -0.05) is 71.1 Å². The third-order valence-electron chi connectivity index (χ3n) is 3.05. The van der Waals surface area contributed by atoms with Crippen LogP contribution in [0.1, 0.15) is 77.6 Å².